The fourth-order valence-corrected chi connectivity index (χ4v) is 3.56. The Bertz CT molecular complexity index is 893. The van der Waals surface area contributed by atoms with Gasteiger partial charge in [-0.2, -0.15) is 0 Å². The van der Waals surface area contributed by atoms with Crippen LogP contribution in [0.4, 0.5) is 5.00 Å². The summed E-state index contributed by atoms with van der Waals surface area (Å²) >= 11 is 2.42. The molecule has 2 heterocycles. The summed E-state index contributed by atoms with van der Waals surface area (Å²) in [7, 11) is 3.12. The van der Waals surface area contributed by atoms with E-state index in [-0.39, 0.29) is 5.00 Å². The third-order valence-corrected chi connectivity index (χ3v) is 5.04. The summed E-state index contributed by atoms with van der Waals surface area (Å²) in [5, 5.41) is 21.0. The number of methoxy groups -OCH3 is 2. The minimum atomic E-state index is -0.402. The fraction of sp³-hybridized carbons (Fsp3) is 0.200. The fourth-order valence-electron chi connectivity index (χ4n) is 2.03. The normalized spacial score (nSPS) is 10.6. The first-order valence-corrected chi connectivity index (χ1v) is 8.87. The number of thioether (sulfide) groups is 1. The van der Waals surface area contributed by atoms with Crippen LogP contribution in [0.1, 0.15) is 5.56 Å². The standard InChI is InChI=1S/C15H13N3O5S2/c1-21-11-4-3-10(6-12(11)22-2)14-16-17-15(23-14)25-8-9-5-13(18(19)20)24-7-9/h3-7H,8H2,1-2H3. The Kier molecular flexibility index (Phi) is 5.19. The summed E-state index contributed by atoms with van der Waals surface area (Å²) in [6, 6.07) is 6.85. The molecule has 1 aromatic carbocycles. The molecule has 0 radical (unpaired) electrons. The first-order chi connectivity index (χ1) is 12.1. The monoisotopic (exact) mass is 379 g/mol. The van der Waals surface area contributed by atoms with E-state index in [0.29, 0.717) is 33.9 Å². The van der Waals surface area contributed by atoms with E-state index in [1.165, 1.54) is 11.8 Å². The zero-order valence-electron chi connectivity index (χ0n) is 13.3. The molecule has 3 aromatic rings. The zero-order chi connectivity index (χ0) is 17.8. The van der Waals surface area contributed by atoms with Crippen molar-refractivity contribution >= 4 is 28.1 Å². The van der Waals surface area contributed by atoms with E-state index in [2.05, 4.69) is 10.2 Å². The van der Waals surface area contributed by atoms with Crippen LogP contribution in [0.25, 0.3) is 11.5 Å². The number of ether oxygens (including phenoxy) is 2. The van der Waals surface area contributed by atoms with Gasteiger partial charge in [0.25, 0.3) is 5.22 Å². The summed E-state index contributed by atoms with van der Waals surface area (Å²) in [5.41, 5.74) is 1.55. The van der Waals surface area contributed by atoms with Gasteiger partial charge in [-0.25, -0.2) is 0 Å². The minimum absolute atomic E-state index is 0.118. The molecule has 3 rings (SSSR count). The average Bonchev–Trinajstić information content (AvgIpc) is 3.28. The Morgan fingerprint density at radius 1 is 1.24 bits per heavy atom. The topological polar surface area (TPSA) is 101 Å². The lowest BCUT2D eigenvalue weighted by Gasteiger charge is -2.07. The van der Waals surface area contributed by atoms with Crippen molar-refractivity contribution in [1.29, 1.82) is 0 Å². The predicted octanol–water partition coefficient (Wildman–Crippen LogP) is 4.02. The van der Waals surface area contributed by atoms with Crippen LogP contribution in [0.2, 0.25) is 0 Å². The van der Waals surface area contributed by atoms with Gasteiger partial charge in [0.2, 0.25) is 5.89 Å². The van der Waals surface area contributed by atoms with Crippen molar-refractivity contribution in [2.24, 2.45) is 0 Å². The highest BCUT2D eigenvalue weighted by atomic mass is 32.2. The number of thiophene rings is 1. The number of nitrogens with zero attached hydrogens (tertiary/aromatic N) is 3. The van der Waals surface area contributed by atoms with Gasteiger partial charge in [-0.15, -0.1) is 10.2 Å². The summed E-state index contributed by atoms with van der Waals surface area (Å²) in [6.45, 7) is 0. The van der Waals surface area contributed by atoms with Gasteiger partial charge in [0.1, 0.15) is 0 Å². The highest BCUT2D eigenvalue weighted by molar-refractivity contribution is 7.98. The molecular weight excluding hydrogens is 366 g/mol. The largest absolute Gasteiger partial charge is 0.493 e. The highest BCUT2D eigenvalue weighted by Gasteiger charge is 2.14. The second-order valence-electron chi connectivity index (χ2n) is 4.78. The lowest BCUT2D eigenvalue weighted by Crippen LogP contribution is -1.90. The first kappa shape index (κ1) is 17.2. The van der Waals surface area contributed by atoms with Crippen molar-refractivity contribution < 1.29 is 18.8 Å². The van der Waals surface area contributed by atoms with Crippen LogP contribution in [0.3, 0.4) is 0 Å². The van der Waals surface area contributed by atoms with E-state index in [9.17, 15) is 10.1 Å². The second kappa shape index (κ2) is 7.53. The molecule has 0 fully saturated rings. The smallest absolute Gasteiger partial charge is 0.324 e. The van der Waals surface area contributed by atoms with Crippen molar-refractivity contribution in [2.75, 3.05) is 14.2 Å². The maximum atomic E-state index is 10.7. The lowest BCUT2D eigenvalue weighted by atomic mass is 10.2. The van der Waals surface area contributed by atoms with Gasteiger partial charge in [0, 0.05) is 22.8 Å². The van der Waals surface area contributed by atoms with Gasteiger partial charge in [-0.1, -0.05) is 23.1 Å². The molecule has 10 heteroatoms. The summed E-state index contributed by atoms with van der Waals surface area (Å²) < 4.78 is 16.1. The first-order valence-electron chi connectivity index (χ1n) is 7.01. The van der Waals surface area contributed by atoms with Gasteiger partial charge in [-0.05, 0) is 23.8 Å². The molecule has 0 unspecified atom stereocenters. The van der Waals surface area contributed by atoms with Crippen LogP contribution < -0.4 is 9.47 Å². The molecule has 0 aliphatic heterocycles. The van der Waals surface area contributed by atoms with Gasteiger partial charge in [0.15, 0.2) is 11.5 Å². The van der Waals surface area contributed by atoms with Crippen molar-refractivity contribution in [3.8, 4) is 23.0 Å². The van der Waals surface area contributed by atoms with Crippen molar-refractivity contribution in [1.82, 2.24) is 10.2 Å². The summed E-state index contributed by atoms with van der Waals surface area (Å²) in [5.74, 6) is 2.05. The Morgan fingerprint density at radius 2 is 2.04 bits per heavy atom. The van der Waals surface area contributed by atoms with E-state index in [4.69, 9.17) is 13.9 Å². The number of hydrogen-bond donors (Lipinski definition) is 0. The van der Waals surface area contributed by atoms with Crippen LogP contribution in [-0.4, -0.2) is 29.3 Å². The molecule has 0 saturated heterocycles. The maximum Gasteiger partial charge on any atom is 0.324 e. The third kappa shape index (κ3) is 3.91. The van der Waals surface area contributed by atoms with E-state index >= 15 is 0 Å². The Morgan fingerprint density at radius 3 is 2.72 bits per heavy atom. The number of rotatable bonds is 7. The van der Waals surface area contributed by atoms with Crippen molar-refractivity contribution in [3.05, 3.63) is 45.3 Å². The quantitative estimate of drug-likeness (QED) is 0.345. The molecule has 25 heavy (non-hydrogen) atoms. The van der Waals surface area contributed by atoms with Crippen molar-refractivity contribution in [2.45, 2.75) is 11.0 Å². The molecule has 0 amide bonds. The van der Waals surface area contributed by atoms with E-state index in [1.807, 2.05) is 0 Å². The molecule has 0 bridgehead atoms. The van der Waals surface area contributed by atoms with Gasteiger partial charge in [-0.3, -0.25) is 10.1 Å². The highest BCUT2D eigenvalue weighted by Crippen LogP contribution is 2.33. The number of nitro groups is 1. The van der Waals surface area contributed by atoms with Gasteiger partial charge < -0.3 is 13.9 Å². The van der Waals surface area contributed by atoms with Crippen LogP contribution >= 0.6 is 23.1 Å². The molecule has 0 N–H and O–H groups in total. The molecule has 0 atom stereocenters. The Hall–Kier alpha value is -2.59. The lowest BCUT2D eigenvalue weighted by molar-refractivity contribution is -0.380. The molecule has 0 saturated carbocycles. The third-order valence-electron chi connectivity index (χ3n) is 3.22. The van der Waals surface area contributed by atoms with E-state index < -0.39 is 4.92 Å². The van der Waals surface area contributed by atoms with Gasteiger partial charge >= 0.3 is 5.00 Å². The predicted molar refractivity (Wildman–Crippen MR) is 93.4 cm³/mol. The van der Waals surface area contributed by atoms with Crippen molar-refractivity contribution in [3.63, 3.8) is 0 Å². The molecular formula is C15H13N3O5S2. The zero-order valence-corrected chi connectivity index (χ0v) is 14.9. The van der Waals surface area contributed by atoms with Crippen LogP contribution in [0, 0.1) is 10.1 Å². The van der Waals surface area contributed by atoms with E-state index in [0.717, 1.165) is 16.9 Å². The SMILES string of the molecule is COc1ccc(-c2nnc(SCc3csc([N+](=O)[O-])c3)o2)cc1OC. The summed E-state index contributed by atoms with van der Waals surface area (Å²) in [4.78, 5) is 10.3. The molecule has 130 valence electrons. The van der Waals surface area contributed by atoms with Gasteiger partial charge in [0.05, 0.1) is 19.1 Å². The Balaban J connectivity index is 1.70. The maximum absolute atomic E-state index is 10.7. The van der Waals surface area contributed by atoms with Crippen LogP contribution in [0.15, 0.2) is 39.3 Å². The molecule has 2 aromatic heterocycles. The molecule has 0 aliphatic carbocycles. The second-order valence-corrected chi connectivity index (χ2v) is 6.60. The number of aromatic nitrogens is 2. The van der Waals surface area contributed by atoms with Crippen LogP contribution in [-0.2, 0) is 5.75 Å². The molecule has 8 nitrogen and oxygen atoms in total. The number of benzene rings is 1. The Labute approximate surface area is 150 Å². The van der Waals surface area contributed by atoms with Crippen LogP contribution in [0.5, 0.6) is 11.5 Å². The van der Waals surface area contributed by atoms with E-state index in [1.54, 1.807) is 43.9 Å². The average molecular weight is 379 g/mol. The minimum Gasteiger partial charge on any atom is -0.493 e. The molecule has 0 spiro atoms. The summed E-state index contributed by atoms with van der Waals surface area (Å²) in [6.07, 6.45) is 0. The molecule has 0 aliphatic rings. The number of hydrogen-bond acceptors (Lipinski definition) is 9.